The van der Waals surface area contributed by atoms with E-state index in [1.807, 2.05) is 6.92 Å². The van der Waals surface area contributed by atoms with Crippen molar-refractivity contribution in [3.8, 4) is 11.5 Å². The molecule has 0 radical (unpaired) electrons. The number of carbonyl (C=O) groups excluding carboxylic acids is 2. The zero-order valence-electron chi connectivity index (χ0n) is 15.6. The molecule has 0 fully saturated rings. The highest BCUT2D eigenvalue weighted by atomic mass is 17.5. The lowest BCUT2D eigenvalue weighted by atomic mass is 10.0. The van der Waals surface area contributed by atoms with Crippen molar-refractivity contribution in [2.45, 2.75) is 39.5 Å². The van der Waals surface area contributed by atoms with Crippen LogP contribution in [0.1, 0.15) is 49.9 Å². The van der Waals surface area contributed by atoms with Gasteiger partial charge in [-0.15, -0.1) is 0 Å². The summed E-state index contributed by atoms with van der Waals surface area (Å²) in [6.07, 6.45) is 2.92. The van der Waals surface area contributed by atoms with E-state index in [2.05, 4.69) is 21.7 Å². The number of carbonyl (C=O) groups is 2. The molecule has 0 saturated heterocycles. The van der Waals surface area contributed by atoms with Crippen molar-refractivity contribution in [3.05, 3.63) is 23.8 Å². The standard InChI is InChI=1S/C18H26O8/c1-5-7-8-13(6-2)12-23-18(20)25-26-24-17(19)15-10-9-14(21-3)11-16(15)22-4/h9-11,13H,5-8,12H2,1-4H3. The van der Waals surface area contributed by atoms with Crippen LogP contribution in [0.5, 0.6) is 11.5 Å². The van der Waals surface area contributed by atoms with E-state index in [0.29, 0.717) is 5.75 Å². The maximum Gasteiger partial charge on any atom is 0.543 e. The van der Waals surface area contributed by atoms with Crippen LogP contribution < -0.4 is 9.47 Å². The molecule has 1 unspecified atom stereocenters. The molecular formula is C18H26O8. The minimum atomic E-state index is -1.07. The van der Waals surface area contributed by atoms with E-state index < -0.39 is 12.1 Å². The second kappa shape index (κ2) is 12.0. The first-order valence-electron chi connectivity index (χ1n) is 8.49. The van der Waals surface area contributed by atoms with E-state index in [1.54, 1.807) is 6.07 Å². The Balaban J connectivity index is 2.40. The van der Waals surface area contributed by atoms with E-state index >= 15 is 0 Å². The Labute approximate surface area is 153 Å². The van der Waals surface area contributed by atoms with Gasteiger partial charge in [-0.1, -0.05) is 33.1 Å². The highest BCUT2D eigenvalue weighted by Gasteiger charge is 2.18. The fraction of sp³-hybridized carbons (Fsp3) is 0.556. The molecule has 0 aliphatic rings. The van der Waals surface area contributed by atoms with Crippen LogP contribution in [0.3, 0.4) is 0 Å². The summed E-state index contributed by atoms with van der Waals surface area (Å²) >= 11 is 0. The molecule has 1 atom stereocenters. The van der Waals surface area contributed by atoms with Crippen molar-refractivity contribution in [2.24, 2.45) is 5.92 Å². The molecule has 1 rings (SSSR count). The molecule has 0 saturated carbocycles. The zero-order valence-corrected chi connectivity index (χ0v) is 15.6. The predicted molar refractivity (Wildman–Crippen MR) is 91.8 cm³/mol. The highest BCUT2D eigenvalue weighted by molar-refractivity contribution is 5.92. The molecule has 8 heteroatoms. The molecule has 0 spiro atoms. The quantitative estimate of drug-likeness (QED) is 0.327. The molecule has 1 aromatic rings. The number of methoxy groups -OCH3 is 2. The molecule has 0 bridgehead atoms. The van der Waals surface area contributed by atoms with Crippen molar-refractivity contribution in [1.29, 1.82) is 0 Å². The van der Waals surface area contributed by atoms with Gasteiger partial charge < -0.3 is 14.2 Å². The summed E-state index contributed by atoms with van der Waals surface area (Å²) < 4.78 is 15.0. The minimum absolute atomic E-state index is 0.0795. The third kappa shape index (κ3) is 7.18. The number of benzene rings is 1. The van der Waals surface area contributed by atoms with Crippen LogP contribution in [0.25, 0.3) is 0 Å². The molecule has 0 aliphatic heterocycles. The lowest BCUT2D eigenvalue weighted by molar-refractivity contribution is -0.452. The second-order valence-corrected chi connectivity index (χ2v) is 5.57. The Morgan fingerprint density at radius 1 is 1.08 bits per heavy atom. The number of ether oxygens (including phenoxy) is 3. The highest BCUT2D eigenvalue weighted by Crippen LogP contribution is 2.25. The van der Waals surface area contributed by atoms with Crippen molar-refractivity contribution in [3.63, 3.8) is 0 Å². The molecule has 0 N–H and O–H groups in total. The van der Waals surface area contributed by atoms with Gasteiger partial charge in [0, 0.05) is 6.07 Å². The monoisotopic (exact) mass is 370 g/mol. The van der Waals surface area contributed by atoms with E-state index in [4.69, 9.17) is 14.2 Å². The van der Waals surface area contributed by atoms with Crippen LogP contribution in [0.15, 0.2) is 18.2 Å². The first-order chi connectivity index (χ1) is 12.5. The Morgan fingerprint density at radius 2 is 1.85 bits per heavy atom. The van der Waals surface area contributed by atoms with E-state index in [9.17, 15) is 9.59 Å². The molecule has 146 valence electrons. The molecule has 8 nitrogen and oxygen atoms in total. The van der Waals surface area contributed by atoms with Crippen molar-refractivity contribution >= 4 is 12.1 Å². The average molecular weight is 370 g/mol. The molecule has 0 aromatic heterocycles. The van der Waals surface area contributed by atoms with Gasteiger partial charge >= 0.3 is 12.1 Å². The smallest absolute Gasteiger partial charge is 0.497 e. The summed E-state index contributed by atoms with van der Waals surface area (Å²) in [5.41, 5.74) is 0.0795. The van der Waals surface area contributed by atoms with Crippen LogP contribution >= 0.6 is 0 Å². The van der Waals surface area contributed by atoms with Gasteiger partial charge in [0.2, 0.25) is 0 Å². The Morgan fingerprint density at radius 3 is 2.46 bits per heavy atom. The summed E-state index contributed by atoms with van der Waals surface area (Å²) in [6, 6.07) is 4.49. The first kappa shape index (κ1) is 21.6. The fourth-order valence-electron chi connectivity index (χ4n) is 2.20. The minimum Gasteiger partial charge on any atom is -0.497 e. The van der Waals surface area contributed by atoms with E-state index in [-0.39, 0.29) is 23.8 Å². The maximum absolute atomic E-state index is 11.9. The van der Waals surface area contributed by atoms with Crippen molar-refractivity contribution < 1.29 is 38.6 Å². The van der Waals surface area contributed by atoms with Gasteiger partial charge in [0.1, 0.15) is 17.1 Å². The number of hydrogen-bond acceptors (Lipinski definition) is 8. The van der Waals surface area contributed by atoms with Gasteiger partial charge in [0.15, 0.2) is 0 Å². The summed E-state index contributed by atoms with van der Waals surface area (Å²) in [7, 11) is 2.88. The van der Waals surface area contributed by atoms with Gasteiger partial charge in [-0.3, -0.25) is 4.89 Å². The lowest BCUT2D eigenvalue weighted by Gasteiger charge is -2.13. The van der Waals surface area contributed by atoms with Crippen LogP contribution in [-0.4, -0.2) is 33.0 Å². The van der Waals surface area contributed by atoms with E-state index in [1.165, 1.54) is 26.4 Å². The molecule has 1 aromatic carbocycles. The van der Waals surface area contributed by atoms with Crippen LogP contribution in [-0.2, 0) is 19.6 Å². The zero-order chi connectivity index (χ0) is 19.4. The Kier molecular flexibility index (Phi) is 9.93. The molecular weight excluding hydrogens is 344 g/mol. The summed E-state index contributed by atoms with van der Waals surface area (Å²) in [5.74, 6) is 0.0928. The largest absolute Gasteiger partial charge is 0.543 e. The van der Waals surface area contributed by atoms with Gasteiger partial charge in [-0.05, 0) is 24.5 Å². The number of unbranched alkanes of at least 4 members (excludes halogenated alkanes) is 1. The summed E-state index contributed by atoms with van der Waals surface area (Å²) in [6.45, 7) is 4.34. The van der Waals surface area contributed by atoms with Crippen molar-refractivity contribution in [2.75, 3.05) is 20.8 Å². The second-order valence-electron chi connectivity index (χ2n) is 5.57. The third-order valence-corrected chi connectivity index (χ3v) is 3.82. The summed E-state index contributed by atoms with van der Waals surface area (Å²) in [4.78, 5) is 32.1. The van der Waals surface area contributed by atoms with Gasteiger partial charge in [-0.25, -0.2) is 14.5 Å². The Hall–Kier alpha value is -2.48. The lowest BCUT2D eigenvalue weighted by Crippen LogP contribution is -2.16. The van der Waals surface area contributed by atoms with Crippen LogP contribution in [0.2, 0.25) is 0 Å². The molecule has 26 heavy (non-hydrogen) atoms. The number of hydrogen-bond donors (Lipinski definition) is 0. The summed E-state index contributed by atoms with van der Waals surface area (Å²) in [5, 5.41) is 4.20. The van der Waals surface area contributed by atoms with Crippen molar-refractivity contribution in [1.82, 2.24) is 0 Å². The third-order valence-electron chi connectivity index (χ3n) is 3.82. The topological polar surface area (TPSA) is 89.5 Å². The van der Waals surface area contributed by atoms with Gasteiger partial charge in [-0.2, -0.15) is 0 Å². The molecule has 0 aliphatic carbocycles. The first-order valence-corrected chi connectivity index (χ1v) is 8.49. The van der Waals surface area contributed by atoms with E-state index in [0.717, 1.165) is 25.7 Å². The SMILES string of the molecule is CCCCC(CC)COC(=O)OOOC(=O)c1ccc(OC)cc1OC. The van der Waals surface area contributed by atoms with Crippen LogP contribution in [0.4, 0.5) is 4.79 Å². The number of rotatable bonds is 11. The normalized spacial score (nSPS) is 11.4. The maximum atomic E-state index is 11.9. The Bertz CT molecular complexity index is 572. The molecule has 0 amide bonds. The predicted octanol–water partition coefficient (Wildman–Crippen LogP) is 4.08. The fourth-order valence-corrected chi connectivity index (χ4v) is 2.20. The van der Waals surface area contributed by atoms with Gasteiger partial charge in [0.25, 0.3) is 0 Å². The molecule has 0 heterocycles. The average Bonchev–Trinajstić information content (AvgIpc) is 2.67. The van der Waals surface area contributed by atoms with Crippen LogP contribution in [0, 0.1) is 5.92 Å². The van der Waals surface area contributed by atoms with Gasteiger partial charge in [0.05, 0.1) is 25.9 Å².